The highest BCUT2D eigenvalue weighted by Crippen LogP contribution is 2.38. The first-order chi connectivity index (χ1) is 9.52. The second-order valence-corrected chi connectivity index (χ2v) is 5.86. The number of ether oxygens (including phenoxy) is 1. The van der Waals surface area contributed by atoms with Gasteiger partial charge in [-0.1, -0.05) is 32.4 Å². The van der Waals surface area contributed by atoms with Crippen molar-refractivity contribution in [2.75, 3.05) is 18.5 Å². The van der Waals surface area contributed by atoms with E-state index in [4.69, 9.17) is 16.3 Å². The molecule has 1 aliphatic heterocycles. The van der Waals surface area contributed by atoms with Gasteiger partial charge < -0.3 is 15.4 Å². The Morgan fingerprint density at radius 3 is 2.85 bits per heavy atom. The maximum Gasteiger partial charge on any atom is 0.246 e. The van der Waals surface area contributed by atoms with Crippen LogP contribution in [0.25, 0.3) is 0 Å². The van der Waals surface area contributed by atoms with E-state index >= 15 is 0 Å². The zero-order valence-electron chi connectivity index (χ0n) is 12.1. The van der Waals surface area contributed by atoms with Gasteiger partial charge in [-0.15, -0.1) is 0 Å². The van der Waals surface area contributed by atoms with Gasteiger partial charge >= 0.3 is 0 Å². The molecule has 1 amide bonds. The van der Waals surface area contributed by atoms with Gasteiger partial charge in [-0.05, 0) is 24.9 Å². The lowest BCUT2D eigenvalue weighted by atomic mass is 10.1. The molecule has 0 aliphatic carbocycles. The minimum atomic E-state index is -0.318. The Hall–Kier alpha value is -1.26. The Morgan fingerprint density at radius 2 is 2.20 bits per heavy atom. The van der Waals surface area contributed by atoms with Crippen LogP contribution in [0.4, 0.5) is 5.69 Å². The summed E-state index contributed by atoms with van der Waals surface area (Å²) >= 11 is 6.25. The molecule has 1 unspecified atom stereocenters. The molecule has 1 aromatic rings. The Morgan fingerprint density at radius 1 is 1.45 bits per heavy atom. The minimum Gasteiger partial charge on any atom is -0.492 e. The molecule has 2 N–H and O–H groups in total. The molecule has 1 aromatic carbocycles. The molecule has 1 aliphatic rings. The second-order valence-electron chi connectivity index (χ2n) is 5.45. The van der Waals surface area contributed by atoms with Crippen molar-refractivity contribution in [1.29, 1.82) is 0 Å². The lowest BCUT2D eigenvalue weighted by Crippen LogP contribution is -2.27. The number of nitrogens with one attached hydrogen (secondary N) is 2. The number of hydrogen-bond donors (Lipinski definition) is 2. The number of fused-ring (bicyclic) bond motifs is 1. The molecule has 0 fully saturated rings. The molecular formula is C15H21ClN2O2. The highest BCUT2D eigenvalue weighted by atomic mass is 35.5. The summed E-state index contributed by atoms with van der Waals surface area (Å²) in [7, 11) is 0. The van der Waals surface area contributed by atoms with Crippen LogP contribution in [0.2, 0.25) is 5.02 Å². The van der Waals surface area contributed by atoms with E-state index in [1.54, 1.807) is 0 Å². The summed E-state index contributed by atoms with van der Waals surface area (Å²) in [6.07, 6.45) is 0.975. The predicted molar refractivity (Wildman–Crippen MR) is 81.4 cm³/mol. The van der Waals surface area contributed by atoms with E-state index < -0.39 is 0 Å². The number of benzene rings is 1. The Kier molecular flexibility index (Phi) is 4.89. The highest BCUT2D eigenvalue weighted by Gasteiger charge is 2.31. The van der Waals surface area contributed by atoms with Crippen molar-refractivity contribution < 1.29 is 9.53 Å². The van der Waals surface area contributed by atoms with Crippen LogP contribution in [-0.4, -0.2) is 19.1 Å². The van der Waals surface area contributed by atoms with Gasteiger partial charge in [-0.25, -0.2) is 0 Å². The molecule has 1 heterocycles. The first kappa shape index (κ1) is 15.1. The fraction of sp³-hybridized carbons (Fsp3) is 0.533. The molecule has 0 radical (unpaired) electrons. The number of hydrogen-bond acceptors (Lipinski definition) is 3. The molecule has 2 rings (SSSR count). The van der Waals surface area contributed by atoms with E-state index in [0.29, 0.717) is 23.3 Å². The average Bonchev–Trinajstić information content (AvgIpc) is 2.68. The zero-order valence-corrected chi connectivity index (χ0v) is 12.9. The minimum absolute atomic E-state index is 0.0365. The van der Waals surface area contributed by atoms with Crippen molar-refractivity contribution in [2.24, 2.45) is 5.92 Å². The fourth-order valence-electron chi connectivity index (χ4n) is 2.12. The summed E-state index contributed by atoms with van der Waals surface area (Å²) in [6, 6.07) is 3.31. The van der Waals surface area contributed by atoms with E-state index in [2.05, 4.69) is 31.4 Å². The Bertz CT molecular complexity index is 503. The van der Waals surface area contributed by atoms with Crippen LogP contribution < -0.4 is 15.4 Å². The van der Waals surface area contributed by atoms with Crippen molar-refractivity contribution in [3.63, 3.8) is 0 Å². The fourth-order valence-corrected chi connectivity index (χ4v) is 2.35. The largest absolute Gasteiger partial charge is 0.492 e. The molecule has 0 saturated carbocycles. The van der Waals surface area contributed by atoms with Gasteiger partial charge in [0.1, 0.15) is 11.8 Å². The first-order valence-electron chi connectivity index (χ1n) is 7.03. The first-order valence-corrected chi connectivity index (χ1v) is 7.41. The molecule has 4 nitrogen and oxygen atoms in total. The summed E-state index contributed by atoms with van der Waals surface area (Å²) in [6.45, 7) is 7.61. The molecule has 5 heteroatoms. The molecule has 0 aromatic heterocycles. The van der Waals surface area contributed by atoms with Crippen LogP contribution in [0.1, 0.15) is 38.8 Å². The van der Waals surface area contributed by atoms with E-state index in [0.717, 1.165) is 24.2 Å². The van der Waals surface area contributed by atoms with Crippen LogP contribution in [0.5, 0.6) is 5.75 Å². The summed E-state index contributed by atoms with van der Waals surface area (Å²) in [5, 5.41) is 6.64. The number of rotatable bonds is 6. The average molecular weight is 297 g/mol. The van der Waals surface area contributed by atoms with Gasteiger partial charge in [0, 0.05) is 17.3 Å². The van der Waals surface area contributed by atoms with Crippen LogP contribution >= 0.6 is 11.6 Å². The smallest absolute Gasteiger partial charge is 0.246 e. The van der Waals surface area contributed by atoms with E-state index in [-0.39, 0.29) is 11.9 Å². The lowest BCUT2D eigenvalue weighted by Gasteiger charge is -2.13. The van der Waals surface area contributed by atoms with Crippen molar-refractivity contribution in [2.45, 2.75) is 33.2 Å². The van der Waals surface area contributed by atoms with E-state index in [1.165, 1.54) is 0 Å². The quantitative estimate of drug-likeness (QED) is 0.846. The SMILES string of the molecule is CCCNC1C(=O)Nc2cc(OCC(C)C)c(Cl)cc21. The van der Waals surface area contributed by atoms with Gasteiger partial charge in [0.05, 0.1) is 11.6 Å². The van der Waals surface area contributed by atoms with Gasteiger partial charge in [0.2, 0.25) is 5.91 Å². The molecular weight excluding hydrogens is 276 g/mol. The number of anilines is 1. The molecule has 1 atom stereocenters. The zero-order chi connectivity index (χ0) is 14.7. The molecule has 0 saturated heterocycles. The molecule has 0 bridgehead atoms. The monoisotopic (exact) mass is 296 g/mol. The molecule has 0 spiro atoms. The second kappa shape index (κ2) is 6.46. The lowest BCUT2D eigenvalue weighted by molar-refractivity contribution is -0.117. The third kappa shape index (κ3) is 3.25. The standard InChI is InChI=1S/C15H21ClN2O2/c1-4-5-17-14-10-6-11(16)13(20-8-9(2)3)7-12(10)18-15(14)19/h6-7,9,14,17H,4-5,8H2,1-3H3,(H,18,19). The highest BCUT2D eigenvalue weighted by molar-refractivity contribution is 6.32. The van der Waals surface area contributed by atoms with Gasteiger partial charge in [-0.3, -0.25) is 4.79 Å². The summed E-state index contributed by atoms with van der Waals surface area (Å²) in [4.78, 5) is 12.0. The number of halogens is 1. The van der Waals surface area contributed by atoms with Crippen LogP contribution in [0.3, 0.4) is 0 Å². The number of carbonyl (C=O) groups is 1. The summed E-state index contributed by atoms with van der Waals surface area (Å²) in [5.74, 6) is 1.01. The number of carbonyl (C=O) groups excluding carboxylic acids is 1. The van der Waals surface area contributed by atoms with Crippen molar-refractivity contribution in [1.82, 2.24) is 5.32 Å². The normalized spacial score (nSPS) is 17.2. The third-order valence-electron chi connectivity index (χ3n) is 3.11. The van der Waals surface area contributed by atoms with Crippen molar-refractivity contribution >= 4 is 23.2 Å². The number of amides is 1. The van der Waals surface area contributed by atoms with Gasteiger partial charge in [0.15, 0.2) is 0 Å². The van der Waals surface area contributed by atoms with Crippen LogP contribution in [0, 0.1) is 5.92 Å². The van der Waals surface area contributed by atoms with E-state index in [9.17, 15) is 4.79 Å². The van der Waals surface area contributed by atoms with E-state index in [1.807, 2.05) is 12.1 Å². The van der Waals surface area contributed by atoms with Crippen molar-refractivity contribution in [3.05, 3.63) is 22.7 Å². The molecule has 20 heavy (non-hydrogen) atoms. The molecule has 110 valence electrons. The predicted octanol–water partition coefficient (Wildman–Crippen LogP) is 3.37. The Labute approximate surface area is 124 Å². The summed E-state index contributed by atoms with van der Waals surface area (Å²) in [5.41, 5.74) is 1.68. The van der Waals surface area contributed by atoms with Crippen LogP contribution in [0.15, 0.2) is 12.1 Å². The van der Waals surface area contributed by atoms with Gasteiger partial charge in [0.25, 0.3) is 0 Å². The maximum atomic E-state index is 12.0. The third-order valence-corrected chi connectivity index (χ3v) is 3.40. The summed E-state index contributed by atoms with van der Waals surface area (Å²) < 4.78 is 5.67. The topological polar surface area (TPSA) is 50.4 Å². The van der Waals surface area contributed by atoms with Gasteiger partial charge in [-0.2, -0.15) is 0 Å². The van der Waals surface area contributed by atoms with Crippen molar-refractivity contribution in [3.8, 4) is 5.75 Å². The Balaban J connectivity index is 2.21. The van der Waals surface area contributed by atoms with Crippen LogP contribution in [-0.2, 0) is 4.79 Å². The maximum absolute atomic E-state index is 12.0.